The van der Waals surface area contributed by atoms with Crippen LogP contribution in [0.1, 0.15) is 26.5 Å². The zero-order valence-electron chi connectivity index (χ0n) is 10.9. The number of nitrogens with one attached hydrogen (secondary N) is 2. The number of hydrogen-bond donors (Lipinski definition) is 2. The Balaban J connectivity index is 2.37. The molecular formula is C12H22N4O. The predicted octanol–water partition coefficient (Wildman–Crippen LogP) is 0.560. The average molecular weight is 238 g/mol. The van der Waals surface area contributed by atoms with Crippen LogP contribution in [-0.2, 0) is 17.8 Å². The van der Waals surface area contributed by atoms with Crippen LogP contribution in [0, 0.1) is 0 Å². The maximum atomic E-state index is 11.5. The molecule has 1 heterocycles. The fourth-order valence-corrected chi connectivity index (χ4v) is 1.55. The van der Waals surface area contributed by atoms with E-state index < -0.39 is 0 Å². The monoisotopic (exact) mass is 238 g/mol. The highest BCUT2D eigenvalue weighted by atomic mass is 16.2. The van der Waals surface area contributed by atoms with Crippen molar-refractivity contribution < 1.29 is 4.79 Å². The van der Waals surface area contributed by atoms with Crippen molar-refractivity contribution in [3.8, 4) is 0 Å². The lowest BCUT2D eigenvalue weighted by Crippen LogP contribution is -2.32. The van der Waals surface area contributed by atoms with Crippen molar-refractivity contribution in [2.45, 2.75) is 39.8 Å². The van der Waals surface area contributed by atoms with Gasteiger partial charge in [0.25, 0.3) is 0 Å². The standard InChI is InChI=1S/C12H22N4O/c1-4-13-6-5-11-7-16(9-14-11)8-12(17)15-10(2)3/h7,9-10,13H,4-6,8H2,1-3H3,(H,15,17). The van der Waals surface area contributed by atoms with Gasteiger partial charge in [0.15, 0.2) is 0 Å². The number of amides is 1. The highest BCUT2D eigenvalue weighted by Crippen LogP contribution is 1.97. The normalized spacial score (nSPS) is 10.8. The second-order valence-corrected chi connectivity index (χ2v) is 4.36. The van der Waals surface area contributed by atoms with Gasteiger partial charge in [0, 0.05) is 25.2 Å². The van der Waals surface area contributed by atoms with Gasteiger partial charge >= 0.3 is 0 Å². The first-order valence-electron chi connectivity index (χ1n) is 6.12. The number of likely N-dealkylation sites (N-methyl/N-ethyl adjacent to an activating group) is 1. The number of carbonyl (C=O) groups is 1. The van der Waals surface area contributed by atoms with Gasteiger partial charge in [-0.2, -0.15) is 0 Å². The number of aromatic nitrogens is 2. The maximum Gasteiger partial charge on any atom is 0.240 e. The van der Waals surface area contributed by atoms with Gasteiger partial charge in [-0.1, -0.05) is 6.92 Å². The summed E-state index contributed by atoms with van der Waals surface area (Å²) >= 11 is 0. The van der Waals surface area contributed by atoms with Crippen LogP contribution in [0.15, 0.2) is 12.5 Å². The van der Waals surface area contributed by atoms with Crippen LogP contribution in [-0.4, -0.2) is 34.6 Å². The minimum Gasteiger partial charge on any atom is -0.352 e. The quantitative estimate of drug-likeness (QED) is 0.682. The first-order valence-corrected chi connectivity index (χ1v) is 6.12. The van der Waals surface area contributed by atoms with Crippen molar-refractivity contribution in [3.05, 3.63) is 18.2 Å². The molecule has 1 amide bonds. The van der Waals surface area contributed by atoms with Crippen LogP contribution in [0.25, 0.3) is 0 Å². The van der Waals surface area contributed by atoms with Gasteiger partial charge in [-0.3, -0.25) is 4.79 Å². The largest absolute Gasteiger partial charge is 0.352 e. The van der Waals surface area contributed by atoms with Crippen molar-refractivity contribution in [1.29, 1.82) is 0 Å². The number of imidazole rings is 1. The van der Waals surface area contributed by atoms with Crippen LogP contribution in [0.3, 0.4) is 0 Å². The molecule has 96 valence electrons. The van der Waals surface area contributed by atoms with Crippen molar-refractivity contribution in [2.24, 2.45) is 0 Å². The Labute approximate surface area is 103 Å². The molecule has 1 aromatic rings. The molecule has 5 heteroatoms. The van der Waals surface area contributed by atoms with Crippen molar-refractivity contribution >= 4 is 5.91 Å². The second kappa shape index (κ2) is 7.06. The lowest BCUT2D eigenvalue weighted by Gasteiger charge is -2.08. The van der Waals surface area contributed by atoms with E-state index in [9.17, 15) is 4.79 Å². The summed E-state index contributed by atoms with van der Waals surface area (Å²) in [4.78, 5) is 15.8. The smallest absolute Gasteiger partial charge is 0.240 e. The van der Waals surface area contributed by atoms with E-state index in [1.165, 1.54) is 0 Å². The summed E-state index contributed by atoms with van der Waals surface area (Å²) in [5.41, 5.74) is 1.02. The molecule has 0 spiro atoms. The molecule has 0 aliphatic heterocycles. The highest BCUT2D eigenvalue weighted by Gasteiger charge is 2.05. The lowest BCUT2D eigenvalue weighted by atomic mass is 10.3. The number of rotatable bonds is 7. The summed E-state index contributed by atoms with van der Waals surface area (Å²) in [6.45, 7) is 8.21. The summed E-state index contributed by atoms with van der Waals surface area (Å²) < 4.78 is 1.82. The fraction of sp³-hybridized carbons (Fsp3) is 0.667. The Morgan fingerprint density at radius 3 is 2.94 bits per heavy atom. The lowest BCUT2D eigenvalue weighted by molar-refractivity contribution is -0.122. The third-order valence-corrected chi connectivity index (χ3v) is 2.27. The number of carbonyl (C=O) groups excluding carboxylic acids is 1. The minimum atomic E-state index is 0.0237. The zero-order chi connectivity index (χ0) is 12.7. The van der Waals surface area contributed by atoms with Gasteiger partial charge in [0.05, 0.1) is 12.0 Å². The molecule has 0 aromatic carbocycles. The Morgan fingerprint density at radius 1 is 1.53 bits per heavy atom. The second-order valence-electron chi connectivity index (χ2n) is 4.36. The SMILES string of the molecule is CCNCCc1cn(CC(=O)NC(C)C)cn1. The van der Waals surface area contributed by atoms with Gasteiger partial charge in [0.2, 0.25) is 5.91 Å². The van der Waals surface area contributed by atoms with E-state index in [1.54, 1.807) is 6.33 Å². The van der Waals surface area contributed by atoms with Crippen molar-refractivity contribution in [2.75, 3.05) is 13.1 Å². The van der Waals surface area contributed by atoms with E-state index in [4.69, 9.17) is 0 Å². The van der Waals surface area contributed by atoms with Crippen LogP contribution in [0.4, 0.5) is 0 Å². The first-order chi connectivity index (χ1) is 8.11. The third kappa shape index (κ3) is 5.49. The molecule has 1 aromatic heterocycles. The van der Waals surface area contributed by atoms with Crippen molar-refractivity contribution in [1.82, 2.24) is 20.2 Å². The molecule has 0 bridgehead atoms. The molecule has 0 aliphatic rings. The molecule has 5 nitrogen and oxygen atoms in total. The molecule has 2 N–H and O–H groups in total. The van der Waals surface area contributed by atoms with Gasteiger partial charge in [-0.05, 0) is 20.4 Å². The van der Waals surface area contributed by atoms with Crippen LogP contribution in [0.2, 0.25) is 0 Å². The van der Waals surface area contributed by atoms with Gasteiger partial charge in [0.1, 0.15) is 6.54 Å². The zero-order valence-corrected chi connectivity index (χ0v) is 10.9. The average Bonchev–Trinajstić information content (AvgIpc) is 2.64. The van der Waals surface area contributed by atoms with E-state index >= 15 is 0 Å². The van der Waals surface area contributed by atoms with E-state index in [0.29, 0.717) is 6.54 Å². The summed E-state index contributed by atoms with van der Waals surface area (Å²) in [5.74, 6) is 0.0237. The van der Waals surface area contributed by atoms with Crippen LogP contribution < -0.4 is 10.6 Å². The molecule has 0 unspecified atom stereocenters. The summed E-state index contributed by atoms with van der Waals surface area (Å²) in [6.07, 6.45) is 4.53. The molecule has 0 atom stereocenters. The predicted molar refractivity (Wildman–Crippen MR) is 67.8 cm³/mol. The molecule has 1 rings (SSSR count). The van der Waals surface area contributed by atoms with Gasteiger partial charge in [-0.25, -0.2) is 4.98 Å². The van der Waals surface area contributed by atoms with E-state index in [-0.39, 0.29) is 11.9 Å². The highest BCUT2D eigenvalue weighted by molar-refractivity contribution is 5.75. The molecule has 0 saturated heterocycles. The Bertz CT molecular complexity index is 346. The molecule has 17 heavy (non-hydrogen) atoms. The summed E-state index contributed by atoms with van der Waals surface area (Å²) in [6, 6.07) is 0.180. The molecule has 0 aliphatic carbocycles. The Morgan fingerprint density at radius 2 is 2.29 bits per heavy atom. The molecule has 0 radical (unpaired) electrons. The van der Waals surface area contributed by atoms with Gasteiger partial charge in [-0.15, -0.1) is 0 Å². The van der Waals surface area contributed by atoms with Crippen LogP contribution >= 0.6 is 0 Å². The topological polar surface area (TPSA) is 59.0 Å². The fourth-order valence-electron chi connectivity index (χ4n) is 1.55. The molecule has 0 fully saturated rings. The summed E-state index contributed by atoms with van der Waals surface area (Å²) in [5, 5.41) is 6.10. The number of hydrogen-bond acceptors (Lipinski definition) is 3. The Hall–Kier alpha value is -1.36. The third-order valence-electron chi connectivity index (χ3n) is 2.27. The first kappa shape index (κ1) is 13.7. The molecule has 0 saturated carbocycles. The number of nitrogens with zero attached hydrogens (tertiary/aromatic N) is 2. The van der Waals surface area contributed by atoms with E-state index in [2.05, 4.69) is 22.5 Å². The maximum absolute atomic E-state index is 11.5. The summed E-state index contributed by atoms with van der Waals surface area (Å²) in [7, 11) is 0. The Kier molecular flexibility index (Phi) is 5.69. The van der Waals surface area contributed by atoms with E-state index in [0.717, 1.165) is 25.2 Å². The minimum absolute atomic E-state index is 0.0237. The molecular weight excluding hydrogens is 216 g/mol. The van der Waals surface area contributed by atoms with Crippen LogP contribution in [0.5, 0.6) is 0 Å². The van der Waals surface area contributed by atoms with Crippen molar-refractivity contribution in [3.63, 3.8) is 0 Å². The van der Waals surface area contributed by atoms with E-state index in [1.807, 2.05) is 24.6 Å². The van der Waals surface area contributed by atoms with Gasteiger partial charge < -0.3 is 15.2 Å².